The third-order valence-electron chi connectivity index (χ3n) is 5.32. The molecule has 265 valence electrons. The van der Waals surface area contributed by atoms with Gasteiger partial charge in [0, 0.05) is 30.4 Å². The van der Waals surface area contributed by atoms with Gasteiger partial charge in [-0.2, -0.15) is 5.26 Å². The van der Waals surface area contributed by atoms with E-state index in [1.807, 2.05) is 109 Å². The van der Waals surface area contributed by atoms with E-state index in [0.29, 0.717) is 13.1 Å². The molecule has 0 amide bonds. The number of nitriles is 1. The van der Waals surface area contributed by atoms with E-state index >= 15 is 0 Å². The topological polar surface area (TPSA) is 295 Å². The van der Waals surface area contributed by atoms with Crippen LogP contribution in [0.3, 0.4) is 0 Å². The number of hydrogen-bond acceptors (Lipinski definition) is 15. The van der Waals surface area contributed by atoms with Gasteiger partial charge in [-0.15, -0.1) is 30.7 Å². The van der Waals surface area contributed by atoms with Gasteiger partial charge >= 0.3 is 17.1 Å². The molecule has 0 bridgehead atoms. The number of rotatable bonds is 6. The summed E-state index contributed by atoms with van der Waals surface area (Å²) >= 11 is 0. The number of aromatic nitrogens is 8. The van der Waals surface area contributed by atoms with Gasteiger partial charge in [-0.25, -0.2) is 46.6 Å². The molecule has 20 heteroatoms. The van der Waals surface area contributed by atoms with Crippen LogP contribution in [0.4, 0.5) is 0 Å². The van der Waals surface area contributed by atoms with Gasteiger partial charge in [0.25, 0.3) is 0 Å². The minimum absolute atomic E-state index is 0. The maximum Gasteiger partial charge on any atom is 2.00 e. The third kappa shape index (κ3) is 20.6. The molecule has 0 atom stereocenters. The number of halogens is 2. The molecule has 0 aliphatic carbocycles. The molecule has 6 aromatic rings. The molecular weight excluding hydrogens is 749 g/mol. The van der Waals surface area contributed by atoms with Crippen LogP contribution in [0, 0.1) is 31.8 Å². The summed E-state index contributed by atoms with van der Waals surface area (Å²) < 4.78 is 71.5. The Morgan fingerprint density at radius 3 is 1.14 bits per heavy atom. The molecule has 0 unspecified atom stereocenters. The molecule has 0 N–H and O–H groups in total. The molecule has 0 aliphatic heterocycles. The van der Waals surface area contributed by atoms with Gasteiger partial charge in [-0.05, 0) is 24.3 Å². The standard InChI is InChI=1S/2C14H12N4.C2H3N.2ClHO4.Cu/c2*1-2-6-12(7-3-1)14-11-18(17-16-14)10-13-8-4-5-9-15-13;1-2-3;2*2-1(3,4)5;/h2*1-9,11H,10H2;1H3;2*(H,2,3,4,5);/q;;;;;+2/p-2. The van der Waals surface area contributed by atoms with Crippen molar-refractivity contribution in [2.75, 3.05) is 0 Å². The smallest absolute Gasteiger partial charge is 0.259 e. The normalized spacial score (nSPS) is 10.1. The number of benzene rings is 2. The van der Waals surface area contributed by atoms with Crippen LogP contribution in [0.5, 0.6) is 0 Å². The molecule has 4 heterocycles. The van der Waals surface area contributed by atoms with Crippen molar-refractivity contribution < 1.29 is 74.8 Å². The maximum absolute atomic E-state index is 8.49. The van der Waals surface area contributed by atoms with Gasteiger partial charge in [0.2, 0.25) is 0 Å². The fourth-order valence-corrected chi connectivity index (χ4v) is 3.55. The van der Waals surface area contributed by atoms with Crippen LogP contribution in [-0.4, -0.2) is 40.0 Å². The van der Waals surface area contributed by atoms with E-state index < -0.39 is 20.5 Å². The SMILES string of the molecule is CC#N.[Cu+2].[O-][Cl+3]([O-])([O-])[O-].[O-][Cl+3]([O-])([O-])[O-].c1ccc(-c2cn(Cc3ccccn3)nn2)cc1.c1ccc(-c2cn(Cc3ccccn3)nn2)cc1. The number of pyridine rings is 2. The minimum atomic E-state index is -4.94. The van der Waals surface area contributed by atoms with E-state index in [2.05, 4.69) is 30.6 Å². The molecule has 6 rings (SSSR count). The zero-order chi connectivity index (χ0) is 36.1. The van der Waals surface area contributed by atoms with Crippen molar-refractivity contribution >= 4 is 0 Å². The first-order valence-electron chi connectivity index (χ1n) is 13.5. The van der Waals surface area contributed by atoms with Crippen molar-refractivity contribution in [2.45, 2.75) is 20.0 Å². The van der Waals surface area contributed by atoms with Crippen molar-refractivity contribution in [1.29, 1.82) is 5.26 Å². The first-order valence-corrected chi connectivity index (χ1v) is 16.0. The van der Waals surface area contributed by atoms with E-state index in [1.165, 1.54) is 6.92 Å². The van der Waals surface area contributed by atoms with Crippen molar-refractivity contribution in [2.24, 2.45) is 0 Å². The zero-order valence-electron chi connectivity index (χ0n) is 25.8. The van der Waals surface area contributed by atoms with E-state index in [1.54, 1.807) is 27.8 Å². The summed E-state index contributed by atoms with van der Waals surface area (Å²) in [6.45, 7) is 2.71. The molecular formula is C30H27Cl2CuN9O8. The van der Waals surface area contributed by atoms with Crippen LogP contribution in [0.25, 0.3) is 22.5 Å². The Morgan fingerprint density at radius 1 is 0.560 bits per heavy atom. The average molecular weight is 776 g/mol. The quantitative estimate of drug-likeness (QED) is 0.145. The fourth-order valence-electron chi connectivity index (χ4n) is 3.55. The van der Waals surface area contributed by atoms with Crippen molar-refractivity contribution in [3.63, 3.8) is 0 Å². The van der Waals surface area contributed by atoms with E-state index in [-0.39, 0.29) is 17.1 Å². The van der Waals surface area contributed by atoms with Crippen LogP contribution < -0.4 is 37.3 Å². The molecule has 0 spiro atoms. The monoisotopic (exact) mass is 774 g/mol. The Labute approximate surface area is 300 Å². The Balaban J connectivity index is 0.000000368. The molecule has 0 aliphatic rings. The predicted octanol–water partition coefficient (Wildman–Crippen LogP) is -4.21. The van der Waals surface area contributed by atoms with Crippen LogP contribution in [0.15, 0.2) is 122 Å². The summed E-state index contributed by atoms with van der Waals surface area (Å²) in [4.78, 5) is 8.53. The zero-order valence-corrected chi connectivity index (χ0v) is 28.3. The second kappa shape index (κ2) is 22.8. The van der Waals surface area contributed by atoms with Gasteiger partial charge in [0.05, 0.1) is 42.9 Å². The Bertz CT molecular complexity index is 1650. The summed E-state index contributed by atoms with van der Waals surface area (Å²) in [5.74, 6) is 0. The van der Waals surface area contributed by atoms with Crippen LogP contribution in [0.2, 0.25) is 0 Å². The van der Waals surface area contributed by atoms with Crippen molar-refractivity contribution in [3.05, 3.63) is 133 Å². The molecule has 4 aromatic heterocycles. The molecule has 17 nitrogen and oxygen atoms in total. The molecule has 0 saturated carbocycles. The van der Waals surface area contributed by atoms with Crippen LogP contribution in [-0.2, 0) is 30.2 Å². The van der Waals surface area contributed by atoms with Gasteiger partial charge < -0.3 is 0 Å². The van der Waals surface area contributed by atoms with E-state index in [4.69, 9.17) is 42.5 Å². The first-order chi connectivity index (χ1) is 23.2. The van der Waals surface area contributed by atoms with Crippen LogP contribution in [0.1, 0.15) is 18.3 Å². The number of hydrogen-bond donors (Lipinski definition) is 0. The van der Waals surface area contributed by atoms with Crippen LogP contribution >= 0.6 is 0 Å². The van der Waals surface area contributed by atoms with Crippen molar-refractivity contribution in [1.82, 2.24) is 40.0 Å². The average Bonchev–Trinajstić information content (AvgIpc) is 3.72. The second-order valence-electron chi connectivity index (χ2n) is 8.96. The summed E-state index contributed by atoms with van der Waals surface area (Å²) in [7, 11) is -9.89. The summed E-state index contributed by atoms with van der Waals surface area (Å²) in [6.07, 6.45) is 7.43. The summed E-state index contributed by atoms with van der Waals surface area (Å²) in [6, 6.07) is 33.5. The molecule has 0 saturated heterocycles. The fraction of sp³-hybridized carbons (Fsp3) is 0.100. The molecule has 1 radical (unpaired) electrons. The largest absolute Gasteiger partial charge is 2.00 e. The van der Waals surface area contributed by atoms with E-state index in [0.717, 1.165) is 33.9 Å². The Kier molecular flexibility index (Phi) is 19.8. The third-order valence-corrected chi connectivity index (χ3v) is 5.32. The van der Waals surface area contributed by atoms with Gasteiger partial charge in [-0.1, -0.05) is 83.2 Å². The molecule has 2 aromatic carbocycles. The Morgan fingerprint density at radius 2 is 0.860 bits per heavy atom. The van der Waals surface area contributed by atoms with Crippen molar-refractivity contribution in [3.8, 4) is 28.6 Å². The second-order valence-corrected chi connectivity index (χ2v) is 10.5. The Hall–Kier alpha value is -4.71. The van der Waals surface area contributed by atoms with Gasteiger partial charge in [0.1, 0.15) is 11.4 Å². The van der Waals surface area contributed by atoms with Gasteiger partial charge in [0.15, 0.2) is 0 Å². The maximum atomic E-state index is 8.49. The summed E-state index contributed by atoms with van der Waals surface area (Å²) in [5.41, 5.74) is 5.86. The molecule has 0 fully saturated rings. The number of nitrogens with zero attached hydrogens (tertiary/aromatic N) is 9. The predicted molar refractivity (Wildman–Crippen MR) is 149 cm³/mol. The molecule has 50 heavy (non-hydrogen) atoms. The first kappa shape index (κ1) is 43.3. The van der Waals surface area contributed by atoms with E-state index in [9.17, 15) is 0 Å². The van der Waals surface area contributed by atoms with Gasteiger partial charge in [-0.3, -0.25) is 9.97 Å². The summed E-state index contributed by atoms with van der Waals surface area (Å²) in [5, 5.41) is 23.9. The minimum Gasteiger partial charge on any atom is -0.259 e.